The Hall–Kier alpha value is -1.65. The average molecular weight is 233 g/mol. The van der Waals surface area contributed by atoms with Gasteiger partial charge in [0.05, 0.1) is 25.8 Å². The topological polar surface area (TPSA) is 62.6 Å². The van der Waals surface area contributed by atoms with Crippen LogP contribution in [0.5, 0.6) is 5.88 Å². The lowest BCUT2D eigenvalue weighted by molar-refractivity contribution is 0.193. The summed E-state index contributed by atoms with van der Waals surface area (Å²) in [5, 5.41) is 19.5. The van der Waals surface area contributed by atoms with Crippen molar-refractivity contribution in [3.63, 3.8) is 0 Å². The molecule has 0 spiro atoms. The monoisotopic (exact) mass is 233 g/mol. The van der Waals surface area contributed by atoms with Gasteiger partial charge in [-0.25, -0.2) is 4.98 Å². The molecule has 0 amide bonds. The summed E-state index contributed by atoms with van der Waals surface area (Å²) in [4.78, 5) is 4.37. The zero-order valence-corrected chi connectivity index (χ0v) is 9.63. The molecule has 4 nitrogen and oxygen atoms in total. The molecule has 1 heterocycles. The highest BCUT2D eigenvalue weighted by molar-refractivity contribution is 5.82. The molecule has 4 heteroatoms. The normalized spacial score (nSPS) is 11.1. The minimum atomic E-state index is -0.307. The Morgan fingerprint density at radius 1 is 1.18 bits per heavy atom. The first kappa shape index (κ1) is 11.8. The quantitative estimate of drug-likeness (QED) is 0.835. The fourth-order valence-electron chi connectivity index (χ4n) is 1.85. The molecule has 1 aromatic heterocycles. The summed E-state index contributed by atoms with van der Waals surface area (Å²) >= 11 is 0. The lowest BCUT2D eigenvalue weighted by Gasteiger charge is -2.13. The van der Waals surface area contributed by atoms with Crippen LogP contribution in [0, 0.1) is 0 Å². The van der Waals surface area contributed by atoms with Gasteiger partial charge in [-0.3, -0.25) is 0 Å². The van der Waals surface area contributed by atoms with Crippen LogP contribution >= 0.6 is 0 Å². The first-order valence-electron chi connectivity index (χ1n) is 5.45. The second-order valence-corrected chi connectivity index (χ2v) is 3.83. The molecule has 17 heavy (non-hydrogen) atoms. The zero-order chi connectivity index (χ0) is 12.3. The molecule has 0 saturated heterocycles. The van der Waals surface area contributed by atoms with E-state index in [0.29, 0.717) is 5.88 Å². The maximum atomic E-state index is 9.25. The molecule has 0 bridgehead atoms. The minimum absolute atomic E-state index is 0.103. The second-order valence-electron chi connectivity index (χ2n) is 3.83. The Bertz CT molecular complexity index is 509. The van der Waals surface area contributed by atoms with Crippen LogP contribution in [0.15, 0.2) is 30.3 Å². The molecule has 2 rings (SSSR count). The Labute approximate surface area is 99.5 Å². The number of methoxy groups -OCH3 is 1. The largest absolute Gasteiger partial charge is 0.481 e. The third-order valence-corrected chi connectivity index (χ3v) is 2.82. The number of pyridine rings is 1. The van der Waals surface area contributed by atoms with E-state index in [1.54, 1.807) is 13.2 Å². The van der Waals surface area contributed by atoms with Crippen molar-refractivity contribution in [3.8, 4) is 5.88 Å². The smallest absolute Gasteiger partial charge is 0.213 e. The molecule has 0 atom stereocenters. The molecule has 0 unspecified atom stereocenters. The van der Waals surface area contributed by atoms with E-state index < -0.39 is 0 Å². The van der Waals surface area contributed by atoms with Crippen molar-refractivity contribution in [2.24, 2.45) is 0 Å². The van der Waals surface area contributed by atoms with Gasteiger partial charge in [0, 0.05) is 17.4 Å². The number of benzene rings is 1. The van der Waals surface area contributed by atoms with Crippen molar-refractivity contribution in [2.75, 3.05) is 20.3 Å². The molecule has 90 valence electrons. The summed E-state index contributed by atoms with van der Waals surface area (Å²) in [6.45, 7) is -0.205. The van der Waals surface area contributed by atoms with Crippen molar-refractivity contribution < 1.29 is 14.9 Å². The fraction of sp³-hybridized carbons (Fsp3) is 0.308. The number of aliphatic hydroxyl groups is 2. The van der Waals surface area contributed by atoms with Gasteiger partial charge in [-0.1, -0.05) is 18.2 Å². The number of nitrogens with zero attached hydrogens (tertiary/aromatic N) is 1. The third-order valence-electron chi connectivity index (χ3n) is 2.82. The first-order valence-corrected chi connectivity index (χ1v) is 5.45. The number of fused-ring (bicyclic) bond motifs is 1. The molecule has 0 radical (unpaired) electrons. The van der Waals surface area contributed by atoms with Gasteiger partial charge < -0.3 is 14.9 Å². The highest BCUT2D eigenvalue weighted by Crippen LogP contribution is 2.25. The molecule has 0 aliphatic carbocycles. The van der Waals surface area contributed by atoms with Gasteiger partial charge in [0.1, 0.15) is 0 Å². The molecule has 0 saturated carbocycles. The van der Waals surface area contributed by atoms with Crippen molar-refractivity contribution in [2.45, 2.75) is 5.92 Å². The maximum Gasteiger partial charge on any atom is 0.213 e. The molecule has 0 aliphatic rings. The van der Waals surface area contributed by atoms with E-state index in [0.717, 1.165) is 16.5 Å². The molecular formula is C13H15NO3. The second kappa shape index (κ2) is 5.12. The predicted molar refractivity (Wildman–Crippen MR) is 65.2 cm³/mol. The van der Waals surface area contributed by atoms with Crippen LogP contribution in [0.25, 0.3) is 10.9 Å². The van der Waals surface area contributed by atoms with Crippen LogP contribution in [0.2, 0.25) is 0 Å². The van der Waals surface area contributed by atoms with Gasteiger partial charge in [0.25, 0.3) is 0 Å². The SMILES string of the molecule is COc1ccc2cccc(C(CO)CO)c2n1. The maximum absolute atomic E-state index is 9.25. The zero-order valence-electron chi connectivity index (χ0n) is 9.63. The van der Waals surface area contributed by atoms with E-state index in [2.05, 4.69) is 4.98 Å². The van der Waals surface area contributed by atoms with Crippen LogP contribution in [0.1, 0.15) is 11.5 Å². The van der Waals surface area contributed by atoms with Crippen molar-refractivity contribution in [1.82, 2.24) is 4.98 Å². The summed E-state index contributed by atoms with van der Waals surface area (Å²) in [5.74, 6) is 0.220. The summed E-state index contributed by atoms with van der Waals surface area (Å²) in [6.07, 6.45) is 0. The van der Waals surface area contributed by atoms with Crippen LogP contribution in [-0.4, -0.2) is 35.5 Å². The molecule has 0 fully saturated rings. The lowest BCUT2D eigenvalue weighted by atomic mass is 9.98. The number of hydrogen-bond donors (Lipinski definition) is 2. The van der Waals surface area contributed by atoms with E-state index in [-0.39, 0.29) is 19.1 Å². The van der Waals surface area contributed by atoms with E-state index in [4.69, 9.17) is 4.74 Å². The van der Waals surface area contributed by atoms with Gasteiger partial charge in [-0.2, -0.15) is 0 Å². The van der Waals surface area contributed by atoms with Gasteiger partial charge in [0.15, 0.2) is 0 Å². The minimum Gasteiger partial charge on any atom is -0.481 e. The van der Waals surface area contributed by atoms with Crippen LogP contribution in [-0.2, 0) is 0 Å². The van der Waals surface area contributed by atoms with Crippen molar-refractivity contribution in [3.05, 3.63) is 35.9 Å². The average Bonchev–Trinajstić information content (AvgIpc) is 2.40. The number of rotatable bonds is 4. The molecule has 2 aromatic rings. The highest BCUT2D eigenvalue weighted by atomic mass is 16.5. The van der Waals surface area contributed by atoms with E-state index in [1.165, 1.54) is 0 Å². The van der Waals surface area contributed by atoms with Gasteiger partial charge >= 0.3 is 0 Å². The summed E-state index contributed by atoms with van der Waals surface area (Å²) in [6, 6.07) is 9.41. The van der Waals surface area contributed by atoms with Gasteiger partial charge in [-0.05, 0) is 11.6 Å². The molecule has 1 aromatic carbocycles. The number of ether oxygens (including phenoxy) is 1. The summed E-state index contributed by atoms with van der Waals surface area (Å²) in [7, 11) is 1.56. The third kappa shape index (κ3) is 2.23. The van der Waals surface area contributed by atoms with Crippen LogP contribution in [0.3, 0.4) is 0 Å². The van der Waals surface area contributed by atoms with E-state index in [9.17, 15) is 10.2 Å². The number of para-hydroxylation sites is 1. The lowest BCUT2D eigenvalue weighted by Crippen LogP contribution is -2.09. The van der Waals surface area contributed by atoms with Gasteiger partial charge in [-0.15, -0.1) is 0 Å². The molecule has 0 aliphatic heterocycles. The van der Waals surface area contributed by atoms with Crippen molar-refractivity contribution >= 4 is 10.9 Å². The first-order chi connectivity index (χ1) is 8.30. The Kier molecular flexibility index (Phi) is 3.56. The summed E-state index contributed by atoms with van der Waals surface area (Å²) in [5.41, 5.74) is 1.60. The standard InChI is InChI=1S/C13H15NO3/c1-17-12-6-5-9-3-2-4-11(13(9)14-12)10(7-15)8-16/h2-6,10,15-16H,7-8H2,1H3. The Balaban J connectivity index is 2.61. The van der Waals surface area contributed by atoms with Gasteiger partial charge in [0.2, 0.25) is 5.88 Å². The van der Waals surface area contributed by atoms with E-state index in [1.807, 2.05) is 24.3 Å². The number of aromatic nitrogens is 1. The molecule has 2 N–H and O–H groups in total. The van der Waals surface area contributed by atoms with E-state index >= 15 is 0 Å². The highest BCUT2D eigenvalue weighted by Gasteiger charge is 2.13. The van der Waals surface area contributed by atoms with Crippen LogP contribution in [0.4, 0.5) is 0 Å². The summed E-state index contributed by atoms with van der Waals surface area (Å²) < 4.78 is 5.09. The number of hydrogen-bond acceptors (Lipinski definition) is 4. The van der Waals surface area contributed by atoms with Crippen LogP contribution < -0.4 is 4.74 Å². The van der Waals surface area contributed by atoms with Crippen molar-refractivity contribution in [1.29, 1.82) is 0 Å². The molecular weight excluding hydrogens is 218 g/mol. The Morgan fingerprint density at radius 3 is 2.59 bits per heavy atom. The Morgan fingerprint density at radius 2 is 1.94 bits per heavy atom. The fourth-order valence-corrected chi connectivity index (χ4v) is 1.85. The predicted octanol–water partition coefficient (Wildman–Crippen LogP) is 1.31. The number of aliphatic hydroxyl groups excluding tert-OH is 2.